The smallest absolute Gasteiger partial charge is 0.394 e. The molecule has 1 fully saturated rings. The minimum Gasteiger partial charge on any atom is -0.394 e. The Labute approximate surface area is 113 Å². The summed E-state index contributed by atoms with van der Waals surface area (Å²) >= 11 is 0. The van der Waals surface area contributed by atoms with Gasteiger partial charge in [0.25, 0.3) is 0 Å². The van der Waals surface area contributed by atoms with Crippen molar-refractivity contribution in [2.24, 2.45) is 5.84 Å². The SMILES string of the molecule is NNc1cc(NC2(CO)CCCC2)nc(C(F)(F)F)n1. The molecule has 0 atom stereocenters. The zero-order valence-electron chi connectivity index (χ0n) is 10.7. The van der Waals surface area contributed by atoms with E-state index in [-0.39, 0.29) is 18.2 Å². The molecule has 0 unspecified atom stereocenters. The number of nitrogens with two attached hydrogens (primary N) is 1. The molecular formula is C11H16F3N5O. The predicted octanol–water partition coefficient (Wildman–Crippen LogP) is 1.50. The number of aliphatic hydroxyl groups excluding tert-OH is 1. The lowest BCUT2D eigenvalue weighted by atomic mass is 9.99. The molecule has 5 N–H and O–H groups in total. The first kappa shape index (κ1) is 14.8. The molecule has 1 aliphatic carbocycles. The molecule has 0 aromatic carbocycles. The fraction of sp³-hybridized carbons (Fsp3) is 0.636. The second kappa shape index (κ2) is 5.41. The van der Waals surface area contributed by atoms with E-state index in [0.717, 1.165) is 12.8 Å². The van der Waals surface area contributed by atoms with E-state index in [2.05, 4.69) is 20.7 Å². The molecule has 112 valence electrons. The van der Waals surface area contributed by atoms with E-state index in [1.54, 1.807) is 0 Å². The van der Waals surface area contributed by atoms with E-state index in [1.165, 1.54) is 6.07 Å². The van der Waals surface area contributed by atoms with Crippen molar-refractivity contribution in [3.8, 4) is 0 Å². The van der Waals surface area contributed by atoms with Crippen LogP contribution in [0.3, 0.4) is 0 Å². The van der Waals surface area contributed by atoms with E-state index in [1.807, 2.05) is 0 Å². The number of aliphatic hydroxyl groups is 1. The van der Waals surface area contributed by atoms with Crippen LogP contribution in [0.4, 0.5) is 24.8 Å². The highest BCUT2D eigenvalue weighted by Crippen LogP contribution is 2.34. The number of rotatable bonds is 4. The van der Waals surface area contributed by atoms with Crippen molar-refractivity contribution in [1.82, 2.24) is 9.97 Å². The number of alkyl halides is 3. The van der Waals surface area contributed by atoms with Crippen LogP contribution in [0.5, 0.6) is 0 Å². The molecule has 2 rings (SSSR count). The first-order chi connectivity index (χ1) is 9.38. The Kier molecular flexibility index (Phi) is 4.00. The Morgan fingerprint density at radius 1 is 1.25 bits per heavy atom. The molecule has 1 saturated carbocycles. The van der Waals surface area contributed by atoms with E-state index in [0.29, 0.717) is 12.8 Å². The lowest BCUT2D eigenvalue weighted by molar-refractivity contribution is -0.144. The highest BCUT2D eigenvalue weighted by molar-refractivity contribution is 5.49. The van der Waals surface area contributed by atoms with Gasteiger partial charge in [-0.3, -0.25) is 0 Å². The number of nitrogens with one attached hydrogen (secondary N) is 2. The van der Waals surface area contributed by atoms with Gasteiger partial charge in [0.1, 0.15) is 11.6 Å². The topological polar surface area (TPSA) is 96.1 Å². The van der Waals surface area contributed by atoms with Crippen LogP contribution in [-0.4, -0.2) is 27.2 Å². The van der Waals surface area contributed by atoms with Gasteiger partial charge in [-0.2, -0.15) is 13.2 Å². The van der Waals surface area contributed by atoms with Crippen LogP contribution in [0, 0.1) is 0 Å². The van der Waals surface area contributed by atoms with Crippen molar-refractivity contribution in [1.29, 1.82) is 0 Å². The first-order valence-electron chi connectivity index (χ1n) is 6.20. The van der Waals surface area contributed by atoms with Crippen LogP contribution in [0.25, 0.3) is 0 Å². The number of hydrazine groups is 1. The largest absolute Gasteiger partial charge is 0.451 e. The number of hydrogen-bond acceptors (Lipinski definition) is 6. The van der Waals surface area contributed by atoms with Crippen molar-refractivity contribution in [2.75, 3.05) is 17.3 Å². The molecule has 1 aromatic rings. The maximum absolute atomic E-state index is 12.7. The van der Waals surface area contributed by atoms with E-state index in [4.69, 9.17) is 5.84 Å². The fourth-order valence-corrected chi connectivity index (χ4v) is 2.36. The third-order valence-electron chi connectivity index (χ3n) is 3.38. The highest BCUT2D eigenvalue weighted by atomic mass is 19.4. The van der Waals surface area contributed by atoms with E-state index in [9.17, 15) is 18.3 Å². The summed E-state index contributed by atoms with van der Waals surface area (Å²) in [5.74, 6) is 3.70. The molecule has 0 amide bonds. The monoisotopic (exact) mass is 291 g/mol. The Balaban J connectivity index is 2.31. The Hall–Kier alpha value is -1.61. The van der Waals surface area contributed by atoms with Crippen LogP contribution in [0.2, 0.25) is 0 Å². The molecule has 0 aliphatic heterocycles. The summed E-state index contributed by atoms with van der Waals surface area (Å²) < 4.78 is 38.1. The number of hydrogen-bond donors (Lipinski definition) is 4. The molecule has 6 nitrogen and oxygen atoms in total. The lowest BCUT2D eigenvalue weighted by Crippen LogP contribution is -2.39. The molecule has 0 bridgehead atoms. The van der Waals surface area contributed by atoms with Gasteiger partial charge in [-0.25, -0.2) is 15.8 Å². The number of nitrogen functional groups attached to an aromatic ring is 1. The Morgan fingerprint density at radius 3 is 2.35 bits per heavy atom. The van der Waals surface area contributed by atoms with Crippen molar-refractivity contribution in [2.45, 2.75) is 37.4 Å². The van der Waals surface area contributed by atoms with Crippen molar-refractivity contribution in [3.05, 3.63) is 11.9 Å². The fourth-order valence-electron chi connectivity index (χ4n) is 2.36. The quantitative estimate of drug-likeness (QED) is 0.496. The van der Waals surface area contributed by atoms with Gasteiger partial charge in [0.2, 0.25) is 5.82 Å². The maximum atomic E-state index is 12.7. The van der Waals surface area contributed by atoms with Crippen molar-refractivity contribution >= 4 is 11.6 Å². The Bertz CT molecular complexity index is 474. The van der Waals surface area contributed by atoms with Gasteiger partial charge in [0.15, 0.2) is 0 Å². The minimum atomic E-state index is -4.66. The summed E-state index contributed by atoms with van der Waals surface area (Å²) in [7, 11) is 0. The lowest BCUT2D eigenvalue weighted by Gasteiger charge is -2.28. The standard InChI is InChI=1S/C11H16F3N5O/c12-11(13,14)9-16-7(5-8(17-9)19-15)18-10(6-20)3-1-2-4-10/h5,20H,1-4,6,15H2,(H2,16,17,18,19). The normalized spacial score (nSPS) is 18.1. The van der Waals surface area contributed by atoms with Gasteiger partial charge in [-0.1, -0.05) is 12.8 Å². The van der Waals surface area contributed by atoms with Crippen LogP contribution in [0.15, 0.2) is 6.07 Å². The predicted molar refractivity (Wildman–Crippen MR) is 66.8 cm³/mol. The van der Waals surface area contributed by atoms with Crippen LogP contribution in [-0.2, 0) is 6.18 Å². The van der Waals surface area contributed by atoms with Gasteiger partial charge in [-0.05, 0) is 12.8 Å². The molecule has 0 saturated heterocycles. The molecule has 1 aromatic heterocycles. The summed E-state index contributed by atoms with van der Waals surface area (Å²) in [5.41, 5.74) is 1.46. The summed E-state index contributed by atoms with van der Waals surface area (Å²) in [6.45, 7) is -0.163. The summed E-state index contributed by atoms with van der Waals surface area (Å²) in [5, 5.41) is 12.4. The number of nitrogens with zero attached hydrogens (tertiary/aromatic N) is 2. The molecule has 0 radical (unpaired) electrons. The average Bonchev–Trinajstić information content (AvgIpc) is 2.86. The Morgan fingerprint density at radius 2 is 1.85 bits per heavy atom. The second-order valence-electron chi connectivity index (χ2n) is 4.87. The third-order valence-corrected chi connectivity index (χ3v) is 3.38. The van der Waals surface area contributed by atoms with Crippen molar-refractivity contribution < 1.29 is 18.3 Å². The molecule has 1 heterocycles. The van der Waals surface area contributed by atoms with E-state index < -0.39 is 17.5 Å². The number of anilines is 2. The average molecular weight is 291 g/mol. The van der Waals surface area contributed by atoms with Crippen LogP contribution >= 0.6 is 0 Å². The number of aromatic nitrogens is 2. The van der Waals surface area contributed by atoms with Crippen LogP contribution < -0.4 is 16.6 Å². The maximum Gasteiger partial charge on any atom is 0.451 e. The summed E-state index contributed by atoms with van der Waals surface area (Å²) in [6.07, 6.45) is -1.48. The summed E-state index contributed by atoms with van der Waals surface area (Å²) in [4.78, 5) is 6.73. The zero-order valence-corrected chi connectivity index (χ0v) is 10.7. The van der Waals surface area contributed by atoms with Gasteiger partial charge >= 0.3 is 6.18 Å². The van der Waals surface area contributed by atoms with Gasteiger partial charge in [-0.15, -0.1) is 0 Å². The second-order valence-corrected chi connectivity index (χ2v) is 4.87. The minimum absolute atomic E-state index is 0.00350. The first-order valence-corrected chi connectivity index (χ1v) is 6.20. The molecule has 9 heteroatoms. The van der Waals surface area contributed by atoms with Gasteiger partial charge < -0.3 is 15.8 Å². The van der Waals surface area contributed by atoms with Crippen molar-refractivity contribution in [3.63, 3.8) is 0 Å². The molecule has 0 spiro atoms. The zero-order chi connectivity index (χ0) is 14.8. The van der Waals surface area contributed by atoms with Gasteiger partial charge in [0.05, 0.1) is 12.1 Å². The van der Waals surface area contributed by atoms with E-state index >= 15 is 0 Å². The highest BCUT2D eigenvalue weighted by Gasteiger charge is 2.37. The van der Waals surface area contributed by atoms with Crippen LogP contribution in [0.1, 0.15) is 31.5 Å². The molecular weight excluding hydrogens is 275 g/mol. The third kappa shape index (κ3) is 3.10. The molecule has 20 heavy (non-hydrogen) atoms. The summed E-state index contributed by atoms with van der Waals surface area (Å²) in [6, 6.07) is 1.28. The number of halogens is 3. The van der Waals surface area contributed by atoms with Gasteiger partial charge in [0, 0.05) is 6.07 Å². The molecule has 1 aliphatic rings.